The van der Waals surface area contributed by atoms with Crippen molar-refractivity contribution in [2.75, 3.05) is 32.8 Å². The third-order valence-corrected chi connectivity index (χ3v) is 8.26. The van der Waals surface area contributed by atoms with Gasteiger partial charge in [-0.3, -0.25) is 9.80 Å². The lowest BCUT2D eigenvalue weighted by molar-refractivity contribution is 0.0250. The van der Waals surface area contributed by atoms with Crippen LogP contribution in [0.1, 0.15) is 17.6 Å². The molecule has 3 heterocycles. The third kappa shape index (κ3) is 5.31. The Morgan fingerprint density at radius 1 is 1.11 bits per heavy atom. The summed E-state index contributed by atoms with van der Waals surface area (Å²) in [5.41, 5.74) is 4.11. The zero-order valence-corrected chi connectivity index (χ0v) is 22.5. The van der Waals surface area contributed by atoms with Gasteiger partial charge in [-0.1, -0.05) is 47.6 Å². The Hall–Kier alpha value is -3.30. The summed E-state index contributed by atoms with van der Waals surface area (Å²) in [6, 6.07) is 21.0. The van der Waals surface area contributed by atoms with Gasteiger partial charge < -0.3 is 14.4 Å². The minimum Gasteiger partial charge on any atom is -0.491 e. The van der Waals surface area contributed by atoms with Crippen LogP contribution in [0.2, 0.25) is 0 Å². The van der Waals surface area contributed by atoms with Crippen molar-refractivity contribution < 1.29 is 14.4 Å². The van der Waals surface area contributed by atoms with E-state index in [4.69, 9.17) is 9.26 Å². The standard InChI is InChI=1S/C30H32N4O3S/c1-20-15-33(16-23(35)18-36-24-10-11-30-28(14-24)31-21(2)38-30)12-13-34(20)17-29-27(19-37-32-29)26-9-5-7-22-6-3-4-8-25(22)26/h3-11,14,19-20,23,35H,12-13,15-18H2,1-2H3/t20?,23-/m1/s1. The van der Waals surface area contributed by atoms with Crippen LogP contribution >= 0.6 is 11.3 Å². The molecule has 1 saturated heterocycles. The summed E-state index contributed by atoms with van der Waals surface area (Å²) in [4.78, 5) is 9.28. The van der Waals surface area contributed by atoms with E-state index in [0.717, 1.165) is 64.0 Å². The molecule has 0 spiro atoms. The van der Waals surface area contributed by atoms with Gasteiger partial charge in [-0.15, -0.1) is 11.3 Å². The molecule has 0 bridgehead atoms. The SMILES string of the molecule is Cc1nc2cc(OC[C@H](O)CN3CCN(Cc4nocc4-c4cccc5ccccc45)C(C)C3)ccc2s1. The van der Waals surface area contributed by atoms with Crippen LogP contribution in [0.3, 0.4) is 0 Å². The number of hydrogen-bond acceptors (Lipinski definition) is 8. The molecule has 196 valence electrons. The number of rotatable bonds is 8. The number of benzene rings is 3. The van der Waals surface area contributed by atoms with E-state index in [0.29, 0.717) is 12.6 Å². The molecule has 7 nitrogen and oxygen atoms in total. The average molecular weight is 529 g/mol. The normalized spacial score (nSPS) is 17.8. The van der Waals surface area contributed by atoms with E-state index in [1.165, 1.54) is 10.8 Å². The lowest BCUT2D eigenvalue weighted by Gasteiger charge is -2.40. The quantitative estimate of drug-likeness (QED) is 0.291. The summed E-state index contributed by atoms with van der Waals surface area (Å²) in [5, 5.41) is 18.5. The molecule has 1 unspecified atom stereocenters. The van der Waals surface area contributed by atoms with Crippen molar-refractivity contribution in [3.05, 3.63) is 77.6 Å². The smallest absolute Gasteiger partial charge is 0.132 e. The van der Waals surface area contributed by atoms with Crippen molar-refractivity contribution >= 4 is 32.3 Å². The van der Waals surface area contributed by atoms with E-state index in [2.05, 4.69) is 69.3 Å². The lowest BCUT2D eigenvalue weighted by Crippen LogP contribution is -2.53. The molecular formula is C30H32N4O3S. The fraction of sp³-hybridized carbons (Fsp3) is 0.333. The van der Waals surface area contributed by atoms with E-state index in [1.54, 1.807) is 17.6 Å². The van der Waals surface area contributed by atoms with Gasteiger partial charge in [-0.05, 0) is 42.3 Å². The zero-order chi connectivity index (χ0) is 26.1. The summed E-state index contributed by atoms with van der Waals surface area (Å²) in [7, 11) is 0. The van der Waals surface area contributed by atoms with Gasteiger partial charge in [-0.25, -0.2) is 4.98 Å². The summed E-state index contributed by atoms with van der Waals surface area (Å²) in [6.45, 7) is 8.47. The maximum atomic E-state index is 10.7. The maximum absolute atomic E-state index is 10.7. The number of thiazole rings is 1. The molecule has 1 aliphatic heterocycles. The monoisotopic (exact) mass is 528 g/mol. The highest BCUT2D eigenvalue weighted by molar-refractivity contribution is 7.18. The second-order valence-corrected chi connectivity index (χ2v) is 11.3. The summed E-state index contributed by atoms with van der Waals surface area (Å²) in [5.74, 6) is 0.745. The van der Waals surface area contributed by atoms with Crippen LogP contribution < -0.4 is 4.74 Å². The van der Waals surface area contributed by atoms with Gasteiger partial charge in [-0.2, -0.15) is 0 Å². The largest absolute Gasteiger partial charge is 0.491 e. The predicted octanol–water partition coefficient (Wildman–Crippen LogP) is 5.36. The van der Waals surface area contributed by atoms with Crippen LogP contribution in [-0.4, -0.2) is 70.0 Å². The molecule has 5 aromatic rings. The molecular weight excluding hydrogens is 496 g/mol. The molecule has 38 heavy (non-hydrogen) atoms. The van der Waals surface area contributed by atoms with Gasteiger partial charge in [0.2, 0.25) is 0 Å². The van der Waals surface area contributed by atoms with Crippen molar-refractivity contribution in [2.45, 2.75) is 32.5 Å². The highest BCUT2D eigenvalue weighted by Gasteiger charge is 2.27. The number of aromatic nitrogens is 2. The van der Waals surface area contributed by atoms with Crippen LogP contribution in [-0.2, 0) is 6.54 Å². The van der Waals surface area contributed by atoms with E-state index >= 15 is 0 Å². The number of piperazine rings is 1. The van der Waals surface area contributed by atoms with E-state index in [9.17, 15) is 5.11 Å². The minimum absolute atomic E-state index is 0.260. The summed E-state index contributed by atoms with van der Waals surface area (Å²) in [6.07, 6.45) is 1.21. The average Bonchev–Trinajstić information content (AvgIpc) is 3.53. The molecule has 1 aliphatic rings. The molecule has 8 heteroatoms. The van der Waals surface area contributed by atoms with Gasteiger partial charge in [0.05, 0.1) is 15.2 Å². The molecule has 3 aromatic carbocycles. The van der Waals surface area contributed by atoms with Gasteiger partial charge in [0.15, 0.2) is 0 Å². The summed E-state index contributed by atoms with van der Waals surface area (Å²) < 4.78 is 12.5. The Labute approximate surface area is 226 Å². The lowest BCUT2D eigenvalue weighted by atomic mass is 9.98. The number of ether oxygens (including phenoxy) is 1. The van der Waals surface area contributed by atoms with Crippen molar-refractivity contribution in [1.29, 1.82) is 0 Å². The molecule has 0 saturated carbocycles. The molecule has 0 amide bonds. The van der Waals surface area contributed by atoms with E-state index in [1.807, 2.05) is 25.1 Å². The Morgan fingerprint density at radius 2 is 1.97 bits per heavy atom. The van der Waals surface area contributed by atoms with Crippen LogP contribution in [0, 0.1) is 6.92 Å². The third-order valence-electron chi connectivity index (χ3n) is 7.30. The molecule has 1 N–H and O–H groups in total. The molecule has 0 radical (unpaired) electrons. The van der Waals surface area contributed by atoms with Crippen LogP contribution in [0.15, 0.2) is 71.4 Å². The van der Waals surface area contributed by atoms with E-state index < -0.39 is 6.10 Å². The van der Waals surface area contributed by atoms with Crippen LogP contribution in [0.5, 0.6) is 5.75 Å². The number of β-amino-alcohol motifs (C(OH)–C–C–N with tert-alkyl or cyclic N) is 1. The van der Waals surface area contributed by atoms with Crippen molar-refractivity contribution in [3.8, 4) is 16.9 Å². The topological polar surface area (TPSA) is 74.9 Å². The van der Waals surface area contributed by atoms with Gasteiger partial charge in [0.25, 0.3) is 0 Å². The van der Waals surface area contributed by atoms with E-state index in [-0.39, 0.29) is 6.61 Å². The Morgan fingerprint density at radius 3 is 2.87 bits per heavy atom. The Kier molecular flexibility index (Phi) is 7.12. The maximum Gasteiger partial charge on any atom is 0.132 e. The first-order valence-electron chi connectivity index (χ1n) is 13.1. The first kappa shape index (κ1) is 25.0. The molecule has 6 rings (SSSR count). The molecule has 2 aromatic heterocycles. The second kappa shape index (κ2) is 10.8. The number of aryl methyl sites for hydroxylation is 1. The first-order chi connectivity index (χ1) is 18.5. The van der Waals surface area contributed by atoms with Crippen LogP contribution in [0.25, 0.3) is 32.1 Å². The zero-order valence-electron chi connectivity index (χ0n) is 21.7. The van der Waals surface area contributed by atoms with Crippen molar-refractivity contribution in [2.24, 2.45) is 0 Å². The van der Waals surface area contributed by atoms with Crippen molar-refractivity contribution in [3.63, 3.8) is 0 Å². The predicted molar refractivity (Wildman–Crippen MR) is 152 cm³/mol. The number of nitrogens with zero attached hydrogens (tertiary/aromatic N) is 4. The number of fused-ring (bicyclic) bond motifs is 2. The highest BCUT2D eigenvalue weighted by Crippen LogP contribution is 2.32. The Balaban J connectivity index is 1.04. The minimum atomic E-state index is -0.560. The molecule has 2 atom stereocenters. The Bertz CT molecular complexity index is 1540. The summed E-state index contributed by atoms with van der Waals surface area (Å²) >= 11 is 1.67. The fourth-order valence-corrected chi connectivity index (χ4v) is 6.18. The fourth-order valence-electron chi connectivity index (χ4n) is 5.37. The van der Waals surface area contributed by atoms with Crippen molar-refractivity contribution in [1.82, 2.24) is 19.9 Å². The first-order valence-corrected chi connectivity index (χ1v) is 13.9. The molecule has 0 aliphatic carbocycles. The number of aliphatic hydroxyl groups is 1. The number of hydrogen-bond donors (Lipinski definition) is 1. The van der Waals surface area contributed by atoms with Gasteiger partial charge in [0.1, 0.15) is 30.4 Å². The van der Waals surface area contributed by atoms with Gasteiger partial charge in [0, 0.05) is 50.4 Å². The van der Waals surface area contributed by atoms with Gasteiger partial charge >= 0.3 is 0 Å². The molecule has 1 fully saturated rings. The van der Waals surface area contributed by atoms with Crippen LogP contribution in [0.4, 0.5) is 0 Å². The number of aliphatic hydroxyl groups excluding tert-OH is 1. The highest BCUT2D eigenvalue weighted by atomic mass is 32.1. The second-order valence-electron chi connectivity index (χ2n) is 10.1.